The molecule has 7 nitrogen and oxygen atoms in total. The molecule has 21 heavy (non-hydrogen) atoms. The monoisotopic (exact) mass is 311 g/mol. The van der Waals surface area contributed by atoms with Crippen molar-refractivity contribution in [2.24, 2.45) is 0 Å². The average Bonchev–Trinajstić information content (AvgIpc) is 2.38. The summed E-state index contributed by atoms with van der Waals surface area (Å²) in [5, 5.41) is 9.96. The molecule has 0 aliphatic carbocycles. The fraction of sp³-hybridized carbons (Fsp3) is 0.0833. The molecule has 0 bridgehead atoms. The first-order valence-electron chi connectivity index (χ1n) is 5.69. The van der Waals surface area contributed by atoms with Crippen LogP contribution < -0.4 is 4.72 Å². The van der Waals surface area contributed by atoms with Crippen molar-refractivity contribution in [1.82, 2.24) is 4.98 Å². The molecule has 2 aromatic rings. The highest BCUT2D eigenvalue weighted by molar-refractivity contribution is 7.92. The number of hydrogen-bond acceptors (Lipinski definition) is 5. The molecule has 0 fully saturated rings. The van der Waals surface area contributed by atoms with E-state index in [9.17, 15) is 22.9 Å². The summed E-state index contributed by atoms with van der Waals surface area (Å²) in [5.41, 5.74) is 0.229. The Labute approximate surface area is 119 Å². The number of aryl methyl sites for hydroxylation is 1. The number of benzene rings is 1. The molecule has 0 saturated heterocycles. The second kappa shape index (κ2) is 5.44. The highest BCUT2D eigenvalue weighted by atomic mass is 32.2. The molecule has 0 radical (unpaired) electrons. The lowest BCUT2D eigenvalue weighted by Crippen LogP contribution is -2.16. The zero-order chi connectivity index (χ0) is 15.6. The Hall–Kier alpha value is -2.55. The van der Waals surface area contributed by atoms with Gasteiger partial charge >= 0.3 is 0 Å². The van der Waals surface area contributed by atoms with E-state index in [0.29, 0.717) is 0 Å². The number of sulfonamides is 1. The molecular weight excluding hydrogens is 301 g/mol. The van der Waals surface area contributed by atoms with Gasteiger partial charge in [-0.05, 0) is 31.2 Å². The van der Waals surface area contributed by atoms with E-state index in [-0.39, 0.29) is 16.9 Å². The summed E-state index contributed by atoms with van der Waals surface area (Å²) in [4.78, 5) is 13.6. The maximum Gasteiger partial charge on any atom is 0.282 e. The molecule has 2 rings (SSSR count). The van der Waals surface area contributed by atoms with Crippen LogP contribution in [0.25, 0.3) is 0 Å². The van der Waals surface area contributed by atoms with E-state index < -0.39 is 25.8 Å². The van der Waals surface area contributed by atoms with Gasteiger partial charge in [0, 0.05) is 23.5 Å². The van der Waals surface area contributed by atoms with Gasteiger partial charge in [0.1, 0.15) is 0 Å². The van der Waals surface area contributed by atoms with Crippen LogP contribution in [-0.4, -0.2) is 18.3 Å². The first kappa shape index (κ1) is 14.9. The molecule has 0 atom stereocenters. The van der Waals surface area contributed by atoms with Crippen LogP contribution in [0.15, 0.2) is 41.6 Å². The third kappa shape index (κ3) is 3.14. The van der Waals surface area contributed by atoms with Gasteiger partial charge in [0.25, 0.3) is 15.7 Å². The maximum absolute atomic E-state index is 13.5. The number of rotatable bonds is 4. The molecule has 0 spiro atoms. The molecule has 0 amide bonds. The zero-order valence-electron chi connectivity index (χ0n) is 10.8. The van der Waals surface area contributed by atoms with Crippen molar-refractivity contribution >= 4 is 21.4 Å². The fourth-order valence-corrected chi connectivity index (χ4v) is 2.75. The second-order valence-corrected chi connectivity index (χ2v) is 5.75. The second-order valence-electron chi connectivity index (χ2n) is 4.15. The summed E-state index contributed by atoms with van der Waals surface area (Å²) < 4.78 is 39.6. The van der Waals surface area contributed by atoms with E-state index in [1.165, 1.54) is 31.2 Å². The van der Waals surface area contributed by atoms with Crippen LogP contribution in [0.5, 0.6) is 0 Å². The summed E-state index contributed by atoms with van der Waals surface area (Å²) in [6, 6.07) is 5.93. The number of nitrogens with one attached hydrogen (secondary N) is 1. The number of anilines is 1. The number of nitro groups is 1. The van der Waals surface area contributed by atoms with Crippen molar-refractivity contribution in [2.45, 2.75) is 11.9 Å². The highest BCUT2D eigenvalue weighted by Crippen LogP contribution is 2.23. The number of nitrogens with zero attached hydrogens (tertiary/aromatic N) is 2. The Balaban J connectivity index is 2.36. The van der Waals surface area contributed by atoms with Crippen LogP contribution in [0.1, 0.15) is 5.56 Å². The third-order valence-electron chi connectivity index (χ3n) is 2.62. The van der Waals surface area contributed by atoms with Gasteiger partial charge in [0.2, 0.25) is 5.03 Å². The van der Waals surface area contributed by atoms with Gasteiger partial charge in [-0.25, -0.2) is 9.37 Å². The number of nitro benzene ring substituents is 1. The fourth-order valence-electron chi connectivity index (χ4n) is 1.70. The largest absolute Gasteiger partial charge is 0.282 e. The molecule has 0 saturated carbocycles. The molecule has 0 aliphatic rings. The summed E-state index contributed by atoms with van der Waals surface area (Å²) in [6.45, 7) is 1.47. The lowest BCUT2D eigenvalue weighted by Gasteiger charge is -2.08. The Bertz CT molecular complexity index is 808. The van der Waals surface area contributed by atoms with E-state index in [0.717, 1.165) is 12.3 Å². The van der Waals surface area contributed by atoms with E-state index >= 15 is 0 Å². The lowest BCUT2D eigenvalue weighted by atomic mass is 10.2. The van der Waals surface area contributed by atoms with Gasteiger partial charge in [0.05, 0.1) is 4.92 Å². The van der Waals surface area contributed by atoms with Crippen molar-refractivity contribution in [3.05, 3.63) is 58.0 Å². The summed E-state index contributed by atoms with van der Waals surface area (Å²) in [6.07, 6.45) is 1.15. The third-order valence-corrected chi connectivity index (χ3v) is 3.94. The van der Waals surface area contributed by atoms with E-state index in [4.69, 9.17) is 0 Å². The number of pyridine rings is 1. The molecule has 1 aromatic heterocycles. The van der Waals surface area contributed by atoms with Gasteiger partial charge in [0.15, 0.2) is 5.82 Å². The van der Waals surface area contributed by atoms with Crippen LogP contribution in [0, 0.1) is 22.9 Å². The minimum atomic E-state index is -4.20. The van der Waals surface area contributed by atoms with Crippen LogP contribution >= 0.6 is 0 Å². The first-order valence-corrected chi connectivity index (χ1v) is 7.18. The number of halogens is 1. The van der Waals surface area contributed by atoms with Crippen molar-refractivity contribution in [2.75, 3.05) is 4.72 Å². The quantitative estimate of drug-likeness (QED) is 0.689. The maximum atomic E-state index is 13.5. The predicted molar refractivity (Wildman–Crippen MR) is 72.8 cm³/mol. The number of hydrogen-bond donors (Lipinski definition) is 1. The Morgan fingerprint density at radius 2 is 2.05 bits per heavy atom. The molecule has 0 unspecified atom stereocenters. The Kier molecular flexibility index (Phi) is 3.85. The highest BCUT2D eigenvalue weighted by Gasteiger charge is 2.21. The van der Waals surface area contributed by atoms with Crippen LogP contribution in [-0.2, 0) is 10.0 Å². The molecular formula is C12H10FN3O4S. The summed E-state index contributed by atoms with van der Waals surface area (Å²) in [5.74, 6) is -0.983. The van der Waals surface area contributed by atoms with Crippen molar-refractivity contribution in [3.8, 4) is 0 Å². The van der Waals surface area contributed by atoms with Gasteiger partial charge in [-0.15, -0.1) is 0 Å². The standard InChI is InChI=1S/C12H10FN3O4S/c1-8-7-9(4-5-11(8)16(17)18)15-21(19,20)12-10(13)3-2-6-14-12/h2-7,15H,1H3. The smallest absolute Gasteiger partial charge is 0.278 e. The van der Waals surface area contributed by atoms with Gasteiger partial charge in [-0.1, -0.05) is 0 Å². The lowest BCUT2D eigenvalue weighted by molar-refractivity contribution is -0.385. The van der Waals surface area contributed by atoms with Crippen molar-refractivity contribution in [1.29, 1.82) is 0 Å². The van der Waals surface area contributed by atoms with Gasteiger partial charge in [-0.3, -0.25) is 14.8 Å². The summed E-state index contributed by atoms with van der Waals surface area (Å²) in [7, 11) is -4.20. The topological polar surface area (TPSA) is 102 Å². The molecule has 110 valence electrons. The van der Waals surface area contributed by atoms with E-state index in [2.05, 4.69) is 9.71 Å². The molecule has 9 heteroatoms. The van der Waals surface area contributed by atoms with Crippen LogP contribution in [0.3, 0.4) is 0 Å². The van der Waals surface area contributed by atoms with E-state index in [1.54, 1.807) is 0 Å². The minimum absolute atomic E-state index is 0.0863. The first-order chi connectivity index (χ1) is 9.81. The molecule has 0 aliphatic heterocycles. The van der Waals surface area contributed by atoms with Crippen molar-refractivity contribution in [3.63, 3.8) is 0 Å². The van der Waals surface area contributed by atoms with Gasteiger partial charge < -0.3 is 0 Å². The zero-order valence-corrected chi connectivity index (χ0v) is 11.6. The Morgan fingerprint density at radius 3 is 2.62 bits per heavy atom. The predicted octanol–water partition coefficient (Wildman–Crippen LogP) is 2.24. The van der Waals surface area contributed by atoms with Gasteiger partial charge in [-0.2, -0.15) is 8.42 Å². The molecule has 1 heterocycles. The van der Waals surface area contributed by atoms with Crippen LogP contribution in [0.4, 0.5) is 15.8 Å². The number of aromatic nitrogens is 1. The molecule has 1 aromatic carbocycles. The average molecular weight is 311 g/mol. The summed E-state index contributed by atoms with van der Waals surface area (Å²) >= 11 is 0. The van der Waals surface area contributed by atoms with Crippen molar-refractivity contribution < 1.29 is 17.7 Å². The normalized spacial score (nSPS) is 11.1. The minimum Gasteiger partial charge on any atom is -0.278 e. The van der Waals surface area contributed by atoms with Crippen LogP contribution in [0.2, 0.25) is 0 Å². The Morgan fingerprint density at radius 1 is 1.33 bits per heavy atom. The van der Waals surface area contributed by atoms with E-state index in [1.807, 2.05) is 0 Å². The molecule has 1 N–H and O–H groups in total. The SMILES string of the molecule is Cc1cc(NS(=O)(=O)c2ncccc2F)ccc1[N+](=O)[O-].